The van der Waals surface area contributed by atoms with Crippen molar-refractivity contribution in [3.8, 4) is 11.5 Å². The van der Waals surface area contributed by atoms with E-state index in [1.807, 2.05) is 6.20 Å². The molecule has 30 heavy (non-hydrogen) atoms. The number of aromatic nitrogens is 1. The number of aryl methyl sites for hydroxylation is 1. The zero-order valence-electron chi connectivity index (χ0n) is 17.5. The van der Waals surface area contributed by atoms with Crippen LogP contribution in [0.5, 0.6) is 11.5 Å². The van der Waals surface area contributed by atoms with Crippen molar-refractivity contribution in [3.05, 3.63) is 59.3 Å². The van der Waals surface area contributed by atoms with Crippen LogP contribution in [0.15, 0.2) is 36.5 Å². The van der Waals surface area contributed by atoms with E-state index < -0.39 is 0 Å². The molecule has 6 heteroatoms. The van der Waals surface area contributed by atoms with Gasteiger partial charge in [0, 0.05) is 28.7 Å². The standard InChI is InChI=1S/C24H28F2N2O2/c1-3-10-28(11-4-5-16-14-27-22-8-6-17(25)12-19(16)22)18-13-20-23(29-2)9-7-21(26)24(20)30-15-18/h6-9,12,14,18,27H,3-5,10-11,13,15H2,1-2H3. The van der Waals surface area contributed by atoms with Crippen molar-refractivity contribution in [2.24, 2.45) is 0 Å². The Hall–Kier alpha value is -2.60. The van der Waals surface area contributed by atoms with Gasteiger partial charge in [0.1, 0.15) is 18.2 Å². The molecule has 1 aliphatic heterocycles. The number of nitrogens with one attached hydrogen (secondary N) is 1. The SMILES string of the molecule is CCCN(CCCc1c[nH]c2ccc(F)cc12)C1COc2c(F)ccc(OC)c2C1. The van der Waals surface area contributed by atoms with E-state index in [0.29, 0.717) is 24.5 Å². The largest absolute Gasteiger partial charge is 0.496 e. The summed E-state index contributed by atoms with van der Waals surface area (Å²) < 4.78 is 39.0. The third kappa shape index (κ3) is 4.15. The highest BCUT2D eigenvalue weighted by Gasteiger charge is 2.29. The van der Waals surface area contributed by atoms with Crippen LogP contribution < -0.4 is 9.47 Å². The lowest BCUT2D eigenvalue weighted by Gasteiger charge is -2.35. The molecule has 1 atom stereocenters. The van der Waals surface area contributed by atoms with Crippen LogP contribution in [-0.2, 0) is 12.8 Å². The number of rotatable bonds is 8. The topological polar surface area (TPSA) is 37.5 Å². The van der Waals surface area contributed by atoms with E-state index >= 15 is 0 Å². The van der Waals surface area contributed by atoms with E-state index in [4.69, 9.17) is 9.47 Å². The van der Waals surface area contributed by atoms with E-state index in [1.165, 1.54) is 12.1 Å². The van der Waals surface area contributed by atoms with Crippen molar-refractivity contribution in [1.82, 2.24) is 9.88 Å². The van der Waals surface area contributed by atoms with Gasteiger partial charge in [0.15, 0.2) is 11.6 Å². The van der Waals surface area contributed by atoms with E-state index in [9.17, 15) is 8.78 Å². The first kappa shape index (κ1) is 20.7. The lowest BCUT2D eigenvalue weighted by molar-refractivity contribution is 0.113. The number of fused-ring (bicyclic) bond motifs is 2. The quantitative estimate of drug-likeness (QED) is 0.557. The van der Waals surface area contributed by atoms with Crippen molar-refractivity contribution < 1.29 is 18.3 Å². The Balaban J connectivity index is 1.44. The predicted molar refractivity (Wildman–Crippen MR) is 114 cm³/mol. The van der Waals surface area contributed by atoms with Crippen LogP contribution in [0, 0.1) is 11.6 Å². The Bertz CT molecular complexity index is 1020. The fourth-order valence-corrected chi connectivity index (χ4v) is 4.42. The molecule has 1 N–H and O–H groups in total. The smallest absolute Gasteiger partial charge is 0.165 e. The van der Waals surface area contributed by atoms with Gasteiger partial charge in [-0.3, -0.25) is 4.90 Å². The summed E-state index contributed by atoms with van der Waals surface area (Å²) in [5, 5.41) is 0.951. The summed E-state index contributed by atoms with van der Waals surface area (Å²) in [5.74, 6) is 0.448. The minimum atomic E-state index is -0.335. The summed E-state index contributed by atoms with van der Waals surface area (Å²) >= 11 is 0. The van der Waals surface area contributed by atoms with Gasteiger partial charge in [0.05, 0.1) is 7.11 Å². The van der Waals surface area contributed by atoms with Crippen LogP contribution >= 0.6 is 0 Å². The first-order chi connectivity index (χ1) is 14.6. The average molecular weight is 414 g/mol. The Morgan fingerprint density at radius 1 is 1.20 bits per heavy atom. The number of hydrogen-bond donors (Lipinski definition) is 1. The van der Waals surface area contributed by atoms with Crippen LogP contribution in [0.2, 0.25) is 0 Å². The molecule has 2 aromatic carbocycles. The molecule has 1 aliphatic rings. The van der Waals surface area contributed by atoms with Crippen LogP contribution in [0.4, 0.5) is 8.78 Å². The van der Waals surface area contributed by atoms with Gasteiger partial charge in [-0.05, 0) is 74.7 Å². The van der Waals surface area contributed by atoms with Gasteiger partial charge in [-0.15, -0.1) is 0 Å². The maximum atomic E-state index is 14.2. The molecule has 0 saturated carbocycles. The Labute approximate surface area is 175 Å². The van der Waals surface area contributed by atoms with Gasteiger partial charge >= 0.3 is 0 Å². The molecule has 4 rings (SSSR count). The third-order valence-electron chi connectivity index (χ3n) is 5.90. The molecule has 2 heterocycles. The number of benzene rings is 2. The second-order valence-corrected chi connectivity index (χ2v) is 7.87. The highest BCUT2D eigenvalue weighted by molar-refractivity contribution is 5.83. The number of hydrogen-bond acceptors (Lipinski definition) is 3. The molecular weight excluding hydrogens is 386 g/mol. The highest BCUT2D eigenvalue weighted by atomic mass is 19.1. The number of aromatic amines is 1. The average Bonchev–Trinajstić information content (AvgIpc) is 3.15. The fourth-order valence-electron chi connectivity index (χ4n) is 4.42. The molecule has 3 aromatic rings. The number of halogens is 2. The molecule has 0 aliphatic carbocycles. The monoisotopic (exact) mass is 414 g/mol. The molecule has 0 fully saturated rings. The number of methoxy groups -OCH3 is 1. The molecule has 0 spiro atoms. The summed E-state index contributed by atoms with van der Waals surface area (Å²) in [7, 11) is 1.60. The minimum Gasteiger partial charge on any atom is -0.496 e. The zero-order chi connectivity index (χ0) is 21.1. The third-order valence-corrected chi connectivity index (χ3v) is 5.90. The van der Waals surface area contributed by atoms with E-state index in [0.717, 1.165) is 54.4 Å². The number of ether oxygens (including phenoxy) is 2. The Kier molecular flexibility index (Phi) is 6.23. The fraction of sp³-hybridized carbons (Fsp3) is 0.417. The van der Waals surface area contributed by atoms with Gasteiger partial charge in [0.2, 0.25) is 0 Å². The van der Waals surface area contributed by atoms with Crippen LogP contribution in [0.1, 0.15) is 30.9 Å². The molecular formula is C24H28F2N2O2. The van der Waals surface area contributed by atoms with E-state index in [2.05, 4.69) is 16.8 Å². The van der Waals surface area contributed by atoms with Crippen LogP contribution in [0.3, 0.4) is 0 Å². The van der Waals surface area contributed by atoms with Gasteiger partial charge in [-0.1, -0.05) is 6.92 Å². The van der Waals surface area contributed by atoms with Crippen LogP contribution in [0.25, 0.3) is 10.9 Å². The van der Waals surface area contributed by atoms with Gasteiger partial charge in [-0.2, -0.15) is 0 Å². The minimum absolute atomic E-state index is 0.175. The number of nitrogens with zero attached hydrogens (tertiary/aromatic N) is 1. The summed E-state index contributed by atoms with van der Waals surface area (Å²) in [6.45, 7) is 4.48. The Morgan fingerprint density at radius 2 is 2.07 bits per heavy atom. The maximum Gasteiger partial charge on any atom is 0.165 e. The molecule has 0 bridgehead atoms. The molecule has 4 nitrogen and oxygen atoms in total. The molecule has 1 unspecified atom stereocenters. The first-order valence-electron chi connectivity index (χ1n) is 10.6. The molecule has 0 radical (unpaired) electrons. The molecule has 0 saturated heterocycles. The first-order valence-corrected chi connectivity index (χ1v) is 10.6. The van der Waals surface area contributed by atoms with Crippen molar-refractivity contribution in [1.29, 1.82) is 0 Å². The summed E-state index contributed by atoms with van der Waals surface area (Å²) in [6, 6.07) is 8.09. The normalized spacial score (nSPS) is 16.0. The van der Waals surface area contributed by atoms with Crippen molar-refractivity contribution >= 4 is 10.9 Å². The maximum absolute atomic E-state index is 14.2. The highest BCUT2D eigenvalue weighted by Crippen LogP contribution is 2.36. The zero-order valence-corrected chi connectivity index (χ0v) is 17.5. The number of H-pyrrole nitrogens is 1. The second kappa shape index (κ2) is 9.04. The Morgan fingerprint density at radius 3 is 2.87 bits per heavy atom. The lowest BCUT2D eigenvalue weighted by atomic mass is 9.99. The van der Waals surface area contributed by atoms with Crippen LogP contribution in [-0.4, -0.2) is 42.7 Å². The summed E-state index contributed by atoms with van der Waals surface area (Å²) in [4.78, 5) is 5.64. The molecule has 160 valence electrons. The summed E-state index contributed by atoms with van der Waals surface area (Å²) in [5.41, 5.74) is 2.90. The van der Waals surface area contributed by atoms with Crippen molar-refractivity contribution in [2.45, 2.75) is 38.6 Å². The van der Waals surface area contributed by atoms with Gasteiger partial charge in [0.25, 0.3) is 0 Å². The lowest BCUT2D eigenvalue weighted by Crippen LogP contribution is -2.44. The molecule has 0 amide bonds. The van der Waals surface area contributed by atoms with Crippen molar-refractivity contribution in [2.75, 3.05) is 26.8 Å². The van der Waals surface area contributed by atoms with E-state index in [-0.39, 0.29) is 17.7 Å². The molecule has 1 aromatic heterocycles. The van der Waals surface area contributed by atoms with Crippen molar-refractivity contribution in [3.63, 3.8) is 0 Å². The predicted octanol–water partition coefficient (Wildman–Crippen LogP) is 5.10. The summed E-state index contributed by atoms with van der Waals surface area (Å²) in [6.07, 6.45) is 5.53. The second-order valence-electron chi connectivity index (χ2n) is 7.87. The van der Waals surface area contributed by atoms with E-state index in [1.54, 1.807) is 25.3 Å². The van der Waals surface area contributed by atoms with Gasteiger partial charge < -0.3 is 14.5 Å². The van der Waals surface area contributed by atoms with Gasteiger partial charge in [-0.25, -0.2) is 8.78 Å².